The lowest BCUT2D eigenvalue weighted by Gasteiger charge is -2.21. The van der Waals surface area contributed by atoms with Crippen LogP contribution in [0.15, 0.2) is 39.9 Å². The summed E-state index contributed by atoms with van der Waals surface area (Å²) in [4.78, 5) is 22.5. The molecular weight excluding hydrogens is 405 g/mol. The molecule has 0 aliphatic carbocycles. The fourth-order valence-electron chi connectivity index (χ4n) is 2.67. The van der Waals surface area contributed by atoms with Gasteiger partial charge in [0.1, 0.15) is 17.2 Å². The maximum Gasteiger partial charge on any atom is 0.271 e. The fraction of sp³-hybridized carbons (Fsp3) is 0.200. The maximum atomic E-state index is 11.5. The van der Waals surface area contributed by atoms with E-state index in [-0.39, 0.29) is 32.6 Å². The van der Waals surface area contributed by atoms with Crippen LogP contribution >= 0.6 is 23.2 Å². The van der Waals surface area contributed by atoms with Crippen molar-refractivity contribution >= 4 is 34.6 Å². The molecule has 0 bridgehead atoms. The molecule has 0 spiro atoms. The zero-order chi connectivity index (χ0) is 20.8. The van der Waals surface area contributed by atoms with E-state index in [4.69, 9.17) is 27.9 Å². The minimum atomic E-state index is -0.943. The van der Waals surface area contributed by atoms with E-state index in [9.17, 15) is 19.8 Å². The van der Waals surface area contributed by atoms with Crippen molar-refractivity contribution in [2.24, 2.45) is 0 Å². The van der Waals surface area contributed by atoms with Gasteiger partial charge in [-0.25, -0.2) is 0 Å². The van der Waals surface area contributed by atoms with E-state index in [0.29, 0.717) is 17.0 Å². The number of anilines is 2. The van der Waals surface area contributed by atoms with Gasteiger partial charge < -0.3 is 20.3 Å². The Morgan fingerprint density at radius 1 is 0.964 bits per heavy atom. The first-order chi connectivity index (χ1) is 13.0. The normalized spacial score (nSPS) is 11.6. The third kappa shape index (κ3) is 3.66. The van der Waals surface area contributed by atoms with E-state index >= 15 is 0 Å². The summed E-state index contributed by atoms with van der Waals surface area (Å²) < 4.78 is 5.81. The average Bonchev–Trinajstić information content (AvgIpc) is 2.62. The lowest BCUT2D eigenvalue weighted by Crippen LogP contribution is -2.32. The van der Waals surface area contributed by atoms with E-state index in [2.05, 4.69) is 5.32 Å². The van der Waals surface area contributed by atoms with Crippen LogP contribution in [-0.2, 0) is 5.41 Å². The number of rotatable bonds is 4. The van der Waals surface area contributed by atoms with Gasteiger partial charge in [0.25, 0.3) is 10.9 Å². The number of benzene rings is 2. The van der Waals surface area contributed by atoms with Crippen molar-refractivity contribution in [2.45, 2.75) is 26.2 Å². The molecule has 3 aromatic rings. The molecule has 0 amide bonds. The van der Waals surface area contributed by atoms with Crippen molar-refractivity contribution in [2.75, 3.05) is 5.32 Å². The number of hydrogen-bond donors (Lipinski definition) is 3. The molecule has 0 radical (unpaired) electrons. The summed E-state index contributed by atoms with van der Waals surface area (Å²) in [6, 6.07) is 7.72. The van der Waals surface area contributed by atoms with Crippen LogP contribution in [0.5, 0.6) is 23.0 Å². The zero-order valence-electron chi connectivity index (χ0n) is 15.3. The molecule has 0 atom stereocenters. The van der Waals surface area contributed by atoms with Crippen LogP contribution in [-0.4, -0.2) is 10.2 Å². The summed E-state index contributed by atoms with van der Waals surface area (Å²) in [5, 5.41) is 22.4. The van der Waals surface area contributed by atoms with Crippen LogP contribution in [0.4, 0.5) is 11.4 Å². The Kier molecular flexibility index (Phi) is 5.04. The van der Waals surface area contributed by atoms with E-state index in [1.807, 2.05) is 20.8 Å². The average molecular weight is 422 g/mol. The van der Waals surface area contributed by atoms with E-state index in [0.717, 1.165) is 0 Å². The molecule has 0 saturated carbocycles. The molecule has 0 heterocycles. The third-order valence-electron chi connectivity index (χ3n) is 4.15. The van der Waals surface area contributed by atoms with Gasteiger partial charge in [0.2, 0.25) is 0 Å². The lowest BCUT2D eigenvalue weighted by molar-refractivity contribution is 0.438. The van der Waals surface area contributed by atoms with Crippen molar-refractivity contribution in [3.63, 3.8) is 0 Å². The molecule has 0 aromatic heterocycles. The molecule has 0 aliphatic heterocycles. The van der Waals surface area contributed by atoms with Gasteiger partial charge in [-0.05, 0) is 35.7 Å². The summed E-state index contributed by atoms with van der Waals surface area (Å²) in [6.07, 6.45) is 0. The van der Waals surface area contributed by atoms with Gasteiger partial charge in [-0.3, -0.25) is 9.59 Å². The minimum absolute atomic E-state index is 0.151. The number of aromatic hydroxyl groups is 2. The third-order valence-corrected chi connectivity index (χ3v) is 4.71. The molecular formula is C20H17Cl2NO5. The largest absolute Gasteiger partial charge is 0.508 e. The Labute approximate surface area is 170 Å². The monoisotopic (exact) mass is 421 g/mol. The highest BCUT2D eigenvalue weighted by atomic mass is 35.5. The zero-order valence-corrected chi connectivity index (χ0v) is 16.8. The Hall–Kier alpha value is -2.70. The van der Waals surface area contributed by atoms with Gasteiger partial charge in [-0.1, -0.05) is 44.0 Å². The second-order valence-corrected chi connectivity index (χ2v) is 8.12. The first-order valence-corrected chi connectivity index (χ1v) is 9.04. The highest BCUT2D eigenvalue weighted by Crippen LogP contribution is 2.41. The summed E-state index contributed by atoms with van der Waals surface area (Å²) in [5.41, 5.74) is -1.26. The second kappa shape index (κ2) is 7.04. The lowest BCUT2D eigenvalue weighted by atomic mass is 9.86. The molecule has 3 N–H and O–H groups in total. The van der Waals surface area contributed by atoms with E-state index < -0.39 is 16.6 Å². The molecule has 3 aromatic carbocycles. The predicted molar refractivity (Wildman–Crippen MR) is 110 cm³/mol. The van der Waals surface area contributed by atoms with Crippen molar-refractivity contribution in [1.29, 1.82) is 0 Å². The van der Waals surface area contributed by atoms with Gasteiger partial charge >= 0.3 is 0 Å². The van der Waals surface area contributed by atoms with Gasteiger partial charge in [0.05, 0.1) is 10.0 Å². The SMILES string of the molecule is CC(C)(C)c1cc(Oc2c(Cl)cc(Nc3c(O)c(=O)c3=O)cc2Cl)ccc1O. The molecule has 0 fully saturated rings. The Balaban J connectivity index is 1.90. The molecule has 8 heteroatoms. The minimum Gasteiger partial charge on any atom is -0.508 e. The summed E-state index contributed by atoms with van der Waals surface area (Å²) in [5.74, 6) is 0.154. The summed E-state index contributed by atoms with van der Waals surface area (Å²) >= 11 is 12.5. The molecule has 28 heavy (non-hydrogen) atoms. The van der Waals surface area contributed by atoms with Gasteiger partial charge in [0.15, 0.2) is 11.5 Å². The number of phenolic OH excluding ortho intramolecular Hbond substituents is 1. The second-order valence-electron chi connectivity index (χ2n) is 7.31. The van der Waals surface area contributed by atoms with Crippen LogP contribution in [0.3, 0.4) is 0 Å². The molecule has 0 saturated heterocycles. The van der Waals surface area contributed by atoms with Gasteiger partial charge in [0, 0.05) is 11.3 Å². The molecule has 0 unspecified atom stereocenters. The van der Waals surface area contributed by atoms with Crippen LogP contribution < -0.4 is 20.9 Å². The predicted octanol–water partition coefficient (Wildman–Crippen LogP) is 4.83. The standard InChI is InChI=1S/C20H17Cl2NO5/c1-20(2,3)11-8-10(4-5-14(11)24)28-19-12(21)6-9(7-13(19)22)23-15-16(25)18(27)17(15)26/h4-8,23-25H,1-3H3. The van der Waals surface area contributed by atoms with E-state index in [1.165, 1.54) is 18.2 Å². The first kappa shape index (κ1) is 20.0. The number of nitrogens with one attached hydrogen (secondary N) is 1. The van der Waals surface area contributed by atoms with Crippen molar-refractivity contribution in [3.8, 4) is 23.0 Å². The summed E-state index contributed by atoms with van der Waals surface area (Å²) in [7, 11) is 0. The van der Waals surface area contributed by atoms with E-state index in [1.54, 1.807) is 12.1 Å². The Bertz CT molecular complexity index is 1120. The first-order valence-electron chi connectivity index (χ1n) is 8.28. The molecule has 3 rings (SSSR count). The van der Waals surface area contributed by atoms with Crippen LogP contribution in [0, 0.1) is 0 Å². The van der Waals surface area contributed by atoms with Crippen molar-refractivity contribution < 1.29 is 14.9 Å². The summed E-state index contributed by atoms with van der Waals surface area (Å²) in [6.45, 7) is 5.88. The number of halogens is 2. The highest BCUT2D eigenvalue weighted by molar-refractivity contribution is 6.37. The quantitative estimate of drug-likeness (QED) is 0.521. The fourth-order valence-corrected chi connectivity index (χ4v) is 3.23. The van der Waals surface area contributed by atoms with Crippen LogP contribution in [0.1, 0.15) is 26.3 Å². The van der Waals surface area contributed by atoms with Crippen molar-refractivity contribution in [3.05, 3.63) is 66.4 Å². The maximum absolute atomic E-state index is 11.5. The highest BCUT2D eigenvalue weighted by Gasteiger charge is 2.22. The number of phenols is 1. The molecule has 0 aliphatic rings. The van der Waals surface area contributed by atoms with Crippen LogP contribution in [0.2, 0.25) is 10.0 Å². The Morgan fingerprint density at radius 3 is 2.11 bits per heavy atom. The molecule has 6 nitrogen and oxygen atoms in total. The topological polar surface area (TPSA) is 95.9 Å². The number of hydrogen-bond acceptors (Lipinski definition) is 6. The van der Waals surface area contributed by atoms with Gasteiger partial charge in [-0.15, -0.1) is 0 Å². The van der Waals surface area contributed by atoms with Gasteiger partial charge in [-0.2, -0.15) is 0 Å². The smallest absolute Gasteiger partial charge is 0.271 e. The Morgan fingerprint density at radius 2 is 1.57 bits per heavy atom. The van der Waals surface area contributed by atoms with Crippen LogP contribution in [0.25, 0.3) is 0 Å². The molecule has 146 valence electrons. The van der Waals surface area contributed by atoms with Crippen molar-refractivity contribution in [1.82, 2.24) is 0 Å². The number of ether oxygens (including phenoxy) is 1.